The molecule has 0 aliphatic heterocycles. The topological polar surface area (TPSA) is 153 Å². The van der Waals surface area contributed by atoms with E-state index in [1.807, 2.05) is 27.2 Å². The molecule has 1 aromatic heterocycles. The molecule has 1 aromatic carbocycles. The summed E-state index contributed by atoms with van der Waals surface area (Å²) in [6.45, 7) is 6.20. The van der Waals surface area contributed by atoms with Crippen molar-refractivity contribution in [2.75, 3.05) is 88.0 Å². The van der Waals surface area contributed by atoms with Gasteiger partial charge in [0.25, 0.3) is 0 Å². The molecular weight excluding hydrogens is 921 g/mol. The van der Waals surface area contributed by atoms with Crippen LogP contribution in [0.25, 0.3) is 10.9 Å². The number of carbonyl (C=O) groups is 2. The summed E-state index contributed by atoms with van der Waals surface area (Å²) < 4.78 is 53.4. The summed E-state index contributed by atoms with van der Waals surface area (Å²) in [5.41, 5.74) is 1.95. The fourth-order valence-corrected chi connectivity index (χ4v) is 8.27. The number of ether oxygens (including phenoxy) is 5. The van der Waals surface area contributed by atoms with Crippen molar-refractivity contribution in [1.29, 1.82) is 0 Å². The number of rotatable bonds is 41. The first-order chi connectivity index (χ1) is 33.3. The Morgan fingerprint density at radius 3 is 1.93 bits per heavy atom. The average molecular weight is 1010 g/mol. The van der Waals surface area contributed by atoms with Crippen LogP contribution >= 0.6 is 19.4 Å². The first-order valence-corrected chi connectivity index (χ1v) is 27.1. The largest absolute Gasteiger partial charge is 0.497 e. The van der Waals surface area contributed by atoms with Crippen molar-refractivity contribution in [3.8, 4) is 40.7 Å². The number of amides is 1. The number of unbranched alkanes of at least 4 members (excludes halogenated alkanes) is 18. The van der Waals surface area contributed by atoms with Crippen LogP contribution in [0.15, 0.2) is 18.2 Å². The normalized spacial score (nSPS) is 12.6. The molecule has 0 aliphatic carbocycles. The monoisotopic (exact) mass is 1000 g/mol. The fourth-order valence-electron chi connectivity index (χ4n) is 7.48. The maximum absolute atomic E-state index is 13.1. The van der Waals surface area contributed by atoms with Gasteiger partial charge in [-0.1, -0.05) is 116 Å². The Hall–Kier alpha value is -3.42. The zero-order valence-corrected chi connectivity index (χ0v) is 44.4. The Morgan fingerprint density at radius 2 is 1.33 bits per heavy atom. The fraction of sp³-hybridized carbons (Fsp3) is 0.698. The van der Waals surface area contributed by atoms with Crippen LogP contribution in [-0.4, -0.2) is 120 Å². The summed E-state index contributed by atoms with van der Waals surface area (Å²) in [7, 11) is 3.17. The molecule has 0 fully saturated rings. The van der Waals surface area contributed by atoms with E-state index in [4.69, 9.17) is 44.3 Å². The van der Waals surface area contributed by atoms with Gasteiger partial charge in [-0.25, -0.2) is 4.57 Å². The van der Waals surface area contributed by atoms with Gasteiger partial charge in [0.15, 0.2) is 0 Å². The molecule has 1 heterocycles. The molecule has 2 unspecified atom stereocenters. The number of nitrogens with zero attached hydrogens (tertiary/aromatic N) is 2. The molecule has 2 aromatic rings. The van der Waals surface area contributed by atoms with Gasteiger partial charge in [-0.2, -0.15) is 0 Å². The van der Waals surface area contributed by atoms with E-state index >= 15 is 0 Å². The lowest BCUT2D eigenvalue weighted by molar-refractivity contribution is -0.870. The standard InChI is InChI=1S/C53H83ClN3O11P/c1-7-8-9-10-11-12-13-14-15-16-17-18-19-24-29-37-63-44-65-42-48(43-68-69(60,61)67-39-36-57(3,4)5)66-45-64-38-30-25-20-23-28-35-55-52(58)41-49-46(2)56(53(59)31-26-21-22-27-34-54)51-33-32-47(62-6)40-50(49)51/h32-33,40,48H,7-20,23-25,28-30,35-39,41-45H2,1-6H3,(H-,55,58,60,61)/p+1. The van der Waals surface area contributed by atoms with E-state index in [0.717, 1.165) is 50.3 Å². The Labute approximate surface area is 419 Å². The lowest BCUT2D eigenvalue weighted by Gasteiger charge is -2.24. The highest BCUT2D eigenvalue weighted by Gasteiger charge is 2.25. The molecule has 388 valence electrons. The van der Waals surface area contributed by atoms with Crippen LogP contribution in [0.1, 0.15) is 151 Å². The summed E-state index contributed by atoms with van der Waals surface area (Å²) in [5, 5.41) is 5.88. The molecular formula is C53H84ClN3O11P+. The van der Waals surface area contributed by atoms with Gasteiger partial charge in [0.1, 0.15) is 38.6 Å². The van der Waals surface area contributed by atoms with Gasteiger partial charge in [-0.3, -0.25) is 23.2 Å². The maximum Gasteiger partial charge on any atom is 0.472 e. The lowest BCUT2D eigenvalue weighted by atomic mass is 10.0. The molecule has 0 saturated carbocycles. The van der Waals surface area contributed by atoms with Crippen molar-refractivity contribution in [2.24, 2.45) is 0 Å². The molecule has 1 amide bonds. The van der Waals surface area contributed by atoms with Crippen LogP contribution in [0.3, 0.4) is 0 Å². The van der Waals surface area contributed by atoms with Crippen molar-refractivity contribution in [1.82, 2.24) is 9.88 Å². The van der Waals surface area contributed by atoms with Crippen molar-refractivity contribution >= 4 is 42.1 Å². The van der Waals surface area contributed by atoms with Crippen molar-refractivity contribution in [2.45, 2.75) is 155 Å². The number of fused-ring (bicyclic) bond motifs is 1. The van der Waals surface area contributed by atoms with Gasteiger partial charge in [0, 0.05) is 54.0 Å². The first-order valence-electron chi connectivity index (χ1n) is 25.2. The summed E-state index contributed by atoms with van der Waals surface area (Å²) in [6, 6.07) is 5.34. The molecule has 0 bridgehead atoms. The summed E-state index contributed by atoms with van der Waals surface area (Å²) in [4.78, 5) is 36.4. The second kappa shape index (κ2) is 38.3. The van der Waals surface area contributed by atoms with Crippen LogP contribution in [0.4, 0.5) is 0 Å². The van der Waals surface area contributed by atoms with Gasteiger partial charge in [0.2, 0.25) is 5.91 Å². The van der Waals surface area contributed by atoms with Crippen LogP contribution < -0.4 is 10.1 Å². The molecule has 0 saturated heterocycles. The van der Waals surface area contributed by atoms with E-state index in [0.29, 0.717) is 53.3 Å². The number of methoxy groups -OCH3 is 1. The minimum atomic E-state index is -4.29. The predicted octanol–water partition coefficient (Wildman–Crippen LogP) is 10.5. The Kier molecular flexibility index (Phi) is 34.2. The quantitative estimate of drug-likeness (QED) is 0.0215. The Morgan fingerprint density at radius 1 is 0.754 bits per heavy atom. The van der Waals surface area contributed by atoms with E-state index in [1.54, 1.807) is 26.2 Å². The minimum absolute atomic E-state index is 0.0344. The second-order valence-corrected chi connectivity index (χ2v) is 20.0. The third kappa shape index (κ3) is 30.2. The molecule has 69 heavy (non-hydrogen) atoms. The summed E-state index contributed by atoms with van der Waals surface area (Å²) in [6.07, 6.45) is 23.5. The van der Waals surface area contributed by atoms with E-state index in [9.17, 15) is 19.0 Å². The number of nitrogens with one attached hydrogen (secondary N) is 1. The number of phosphoric acid groups is 1. The van der Waals surface area contributed by atoms with Gasteiger partial charge in [-0.15, -0.1) is 0 Å². The Balaban J connectivity index is 1.66. The molecule has 14 nitrogen and oxygen atoms in total. The molecule has 0 spiro atoms. The van der Waals surface area contributed by atoms with Gasteiger partial charge in [0.05, 0.1) is 53.4 Å². The van der Waals surface area contributed by atoms with E-state index in [-0.39, 0.29) is 45.7 Å². The van der Waals surface area contributed by atoms with Crippen LogP contribution in [-0.2, 0) is 43.8 Å². The van der Waals surface area contributed by atoms with E-state index in [2.05, 4.69) is 47.2 Å². The molecule has 16 heteroatoms. The van der Waals surface area contributed by atoms with E-state index < -0.39 is 19.8 Å². The van der Waals surface area contributed by atoms with Gasteiger partial charge >= 0.3 is 13.7 Å². The van der Waals surface area contributed by atoms with Crippen LogP contribution in [0, 0.1) is 41.9 Å². The highest BCUT2D eigenvalue weighted by atomic mass is 35.5. The molecule has 0 aliphatic rings. The molecule has 2 atom stereocenters. The molecule has 2 rings (SSSR count). The number of carbonyl (C=O) groups excluding carboxylic acids is 2. The predicted molar refractivity (Wildman–Crippen MR) is 275 cm³/mol. The SMILES string of the molecule is CCCCCCCCCCCCCCCCCOCOCC(COP(=O)(O)OCC[N+](C)(C)C)OCOCCCCCCCNC(=O)Cc1c(C)n(C(=O)C#CC#CC#CCl)c2ccc(OC)cc12. The van der Waals surface area contributed by atoms with Crippen LogP contribution in [0.2, 0.25) is 0 Å². The summed E-state index contributed by atoms with van der Waals surface area (Å²) in [5.74, 6) is 12.3. The highest BCUT2D eigenvalue weighted by molar-refractivity contribution is 7.47. The molecule has 0 radical (unpaired) electrons. The van der Waals surface area contributed by atoms with Crippen LogP contribution in [0.5, 0.6) is 5.75 Å². The smallest absolute Gasteiger partial charge is 0.472 e. The third-order valence-corrected chi connectivity index (χ3v) is 12.5. The lowest BCUT2D eigenvalue weighted by Crippen LogP contribution is -2.37. The number of phosphoric ester groups is 1. The van der Waals surface area contributed by atoms with Gasteiger partial charge in [-0.05, 0) is 73.4 Å². The zero-order valence-electron chi connectivity index (χ0n) is 42.8. The number of hydrogen-bond donors (Lipinski definition) is 2. The average Bonchev–Trinajstić information content (AvgIpc) is 3.58. The van der Waals surface area contributed by atoms with E-state index in [1.165, 1.54) is 88.0 Å². The van der Waals surface area contributed by atoms with Gasteiger partial charge < -0.3 is 38.4 Å². The van der Waals surface area contributed by atoms with Crippen molar-refractivity contribution in [3.63, 3.8) is 0 Å². The number of halogens is 1. The number of likely N-dealkylation sites (N-methyl/N-ethyl adjacent to an activating group) is 1. The highest BCUT2D eigenvalue weighted by Crippen LogP contribution is 2.43. The minimum Gasteiger partial charge on any atom is -0.497 e. The van der Waals surface area contributed by atoms with Crippen molar-refractivity contribution in [3.05, 3.63) is 29.5 Å². The van der Waals surface area contributed by atoms with Crippen molar-refractivity contribution < 1.29 is 56.3 Å². The molecule has 2 N–H and O–H groups in total. The number of aromatic nitrogens is 1. The zero-order chi connectivity index (χ0) is 50.4. The first kappa shape index (κ1) is 61.7. The second-order valence-electron chi connectivity index (χ2n) is 18.4. The number of benzene rings is 1. The Bertz CT molecular complexity index is 1990. The summed E-state index contributed by atoms with van der Waals surface area (Å²) >= 11 is 5.30. The number of hydrogen-bond acceptors (Lipinski definition) is 10. The maximum atomic E-state index is 13.1. The number of quaternary nitrogens is 1. The third-order valence-electron chi connectivity index (χ3n) is 11.5.